The van der Waals surface area contributed by atoms with Gasteiger partial charge in [-0.25, -0.2) is 4.39 Å². The Morgan fingerprint density at radius 3 is 2.65 bits per heavy atom. The number of hydrogen-bond donors (Lipinski definition) is 0. The second kappa shape index (κ2) is 4.89. The van der Waals surface area contributed by atoms with E-state index in [-0.39, 0.29) is 11.7 Å². The lowest BCUT2D eigenvalue weighted by molar-refractivity contribution is 0.0398. The number of likely N-dealkylation sites (tertiary alicyclic amines) is 1. The van der Waals surface area contributed by atoms with Crippen LogP contribution in [0.3, 0.4) is 0 Å². The first-order valence-electron chi connectivity index (χ1n) is 5.40. The summed E-state index contributed by atoms with van der Waals surface area (Å²) in [6.45, 7) is 1.50. The molecule has 0 spiro atoms. The van der Waals surface area contributed by atoms with Crippen LogP contribution in [0.25, 0.3) is 0 Å². The zero-order valence-electron chi connectivity index (χ0n) is 9.78. The molecule has 1 amide bonds. The van der Waals surface area contributed by atoms with Gasteiger partial charge in [-0.15, -0.1) is 0 Å². The molecule has 0 aromatic heterocycles. The summed E-state index contributed by atoms with van der Waals surface area (Å²) in [5, 5.41) is 0. The van der Waals surface area contributed by atoms with Crippen molar-refractivity contribution < 1.29 is 9.18 Å². The number of halogens is 2. The fraction of sp³-hybridized carbons (Fsp3) is 0.417. The molecule has 0 N–H and O–H groups in total. The van der Waals surface area contributed by atoms with Crippen molar-refractivity contribution in [2.75, 3.05) is 27.2 Å². The molecule has 1 aromatic carbocycles. The molecular formula is C12H14FIN2O. The minimum absolute atomic E-state index is 0.00694. The first kappa shape index (κ1) is 12.8. The van der Waals surface area contributed by atoms with E-state index in [0.29, 0.717) is 15.2 Å². The lowest BCUT2D eigenvalue weighted by Gasteiger charge is -2.42. The normalized spacial score (nSPS) is 16.2. The molecule has 5 heteroatoms. The lowest BCUT2D eigenvalue weighted by Crippen LogP contribution is -2.59. The zero-order chi connectivity index (χ0) is 12.6. The van der Waals surface area contributed by atoms with E-state index >= 15 is 0 Å². The third kappa shape index (κ3) is 2.60. The molecule has 1 aliphatic heterocycles. The minimum atomic E-state index is -0.305. The summed E-state index contributed by atoms with van der Waals surface area (Å²) in [6.07, 6.45) is 0. The number of nitrogens with zero attached hydrogens (tertiary/aromatic N) is 2. The highest BCUT2D eigenvalue weighted by molar-refractivity contribution is 14.1. The van der Waals surface area contributed by atoms with Gasteiger partial charge in [-0.2, -0.15) is 0 Å². The molecule has 0 atom stereocenters. The Bertz CT molecular complexity index is 444. The Labute approximate surface area is 114 Å². The fourth-order valence-electron chi connectivity index (χ4n) is 1.78. The highest BCUT2D eigenvalue weighted by Gasteiger charge is 2.32. The first-order chi connectivity index (χ1) is 7.99. The van der Waals surface area contributed by atoms with E-state index in [4.69, 9.17) is 0 Å². The number of carbonyl (C=O) groups is 1. The number of hydrogen-bond acceptors (Lipinski definition) is 2. The van der Waals surface area contributed by atoms with E-state index in [1.54, 1.807) is 11.0 Å². The summed E-state index contributed by atoms with van der Waals surface area (Å²) in [5.74, 6) is -0.312. The monoisotopic (exact) mass is 348 g/mol. The van der Waals surface area contributed by atoms with Crippen molar-refractivity contribution >= 4 is 28.5 Å². The van der Waals surface area contributed by atoms with Gasteiger partial charge in [0.25, 0.3) is 5.91 Å². The number of rotatable bonds is 2. The third-order valence-electron chi connectivity index (χ3n) is 3.04. The minimum Gasteiger partial charge on any atom is -0.335 e. The van der Waals surface area contributed by atoms with Crippen molar-refractivity contribution in [1.29, 1.82) is 0 Å². The summed E-state index contributed by atoms with van der Waals surface area (Å²) < 4.78 is 13.6. The van der Waals surface area contributed by atoms with E-state index in [1.807, 2.05) is 36.7 Å². The smallest absolute Gasteiger partial charge is 0.255 e. The SMILES string of the molecule is CN(C)C1CN(C(=O)c2ccc(F)cc2I)C1. The molecule has 1 aromatic rings. The van der Waals surface area contributed by atoms with Gasteiger partial charge in [0.05, 0.1) is 5.56 Å². The second-order valence-electron chi connectivity index (χ2n) is 4.45. The van der Waals surface area contributed by atoms with E-state index in [9.17, 15) is 9.18 Å². The number of benzene rings is 1. The molecule has 0 radical (unpaired) electrons. The molecule has 0 saturated carbocycles. The van der Waals surface area contributed by atoms with E-state index in [1.165, 1.54) is 12.1 Å². The molecule has 2 rings (SSSR count). The second-order valence-corrected chi connectivity index (χ2v) is 5.61. The molecule has 3 nitrogen and oxygen atoms in total. The van der Waals surface area contributed by atoms with Crippen molar-refractivity contribution in [3.05, 3.63) is 33.1 Å². The van der Waals surface area contributed by atoms with Gasteiger partial charge in [0.15, 0.2) is 0 Å². The Kier molecular flexibility index (Phi) is 3.67. The number of carbonyl (C=O) groups excluding carboxylic acids is 1. The summed E-state index contributed by atoms with van der Waals surface area (Å²) in [6, 6.07) is 4.72. The summed E-state index contributed by atoms with van der Waals surface area (Å²) >= 11 is 2.00. The maximum Gasteiger partial charge on any atom is 0.255 e. The van der Waals surface area contributed by atoms with Crippen LogP contribution in [0.1, 0.15) is 10.4 Å². The highest BCUT2D eigenvalue weighted by atomic mass is 127. The van der Waals surface area contributed by atoms with Gasteiger partial charge in [0.1, 0.15) is 5.82 Å². The predicted octanol–water partition coefficient (Wildman–Crippen LogP) is 1.82. The summed E-state index contributed by atoms with van der Waals surface area (Å²) in [5.41, 5.74) is 0.587. The van der Waals surface area contributed by atoms with Crippen LogP contribution in [0, 0.1) is 9.39 Å². The van der Waals surface area contributed by atoms with Gasteiger partial charge in [-0.3, -0.25) is 4.79 Å². The first-order valence-corrected chi connectivity index (χ1v) is 6.47. The topological polar surface area (TPSA) is 23.6 Å². The third-order valence-corrected chi connectivity index (χ3v) is 3.93. The van der Waals surface area contributed by atoms with Crippen molar-refractivity contribution in [2.24, 2.45) is 0 Å². The van der Waals surface area contributed by atoms with E-state index < -0.39 is 0 Å². The standard InChI is InChI=1S/C12H14FIN2O/c1-15(2)9-6-16(7-9)12(17)10-4-3-8(13)5-11(10)14/h3-5,9H,6-7H2,1-2H3. The van der Waals surface area contributed by atoms with E-state index in [2.05, 4.69) is 4.90 Å². The van der Waals surface area contributed by atoms with Crippen molar-refractivity contribution in [3.8, 4) is 0 Å². The Balaban J connectivity index is 2.07. The van der Waals surface area contributed by atoms with Crippen molar-refractivity contribution in [1.82, 2.24) is 9.80 Å². The largest absolute Gasteiger partial charge is 0.335 e. The molecule has 1 heterocycles. The number of amides is 1. The van der Waals surface area contributed by atoms with Gasteiger partial charge < -0.3 is 9.80 Å². The maximum atomic E-state index is 12.9. The van der Waals surface area contributed by atoms with Crippen molar-refractivity contribution in [3.63, 3.8) is 0 Å². The summed E-state index contributed by atoms with van der Waals surface area (Å²) in [7, 11) is 4.02. The number of likely N-dealkylation sites (N-methyl/N-ethyl adjacent to an activating group) is 1. The van der Waals surface area contributed by atoms with Gasteiger partial charge >= 0.3 is 0 Å². The van der Waals surface area contributed by atoms with Gasteiger partial charge in [-0.05, 0) is 54.9 Å². The van der Waals surface area contributed by atoms with Gasteiger partial charge in [0.2, 0.25) is 0 Å². The molecule has 0 unspecified atom stereocenters. The van der Waals surface area contributed by atoms with Crippen LogP contribution in [-0.2, 0) is 0 Å². The quantitative estimate of drug-likeness (QED) is 0.762. The molecule has 0 aliphatic carbocycles. The van der Waals surface area contributed by atoms with Crippen LogP contribution in [0.15, 0.2) is 18.2 Å². The van der Waals surface area contributed by atoms with Crippen LogP contribution < -0.4 is 0 Å². The molecule has 1 fully saturated rings. The molecule has 1 saturated heterocycles. The highest BCUT2D eigenvalue weighted by Crippen LogP contribution is 2.20. The average Bonchev–Trinajstić information content (AvgIpc) is 2.13. The van der Waals surface area contributed by atoms with E-state index in [0.717, 1.165) is 13.1 Å². The lowest BCUT2D eigenvalue weighted by atomic mass is 10.1. The summed E-state index contributed by atoms with van der Waals surface area (Å²) in [4.78, 5) is 16.0. The molecule has 1 aliphatic rings. The maximum absolute atomic E-state index is 12.9. The molecule has 92 valence electrons. The van der Waals surface area contributed by atoms with Gasteiger partial charge in [0, 0.05) is 22.7 Å². The fourth-order valence-corrected chi connectivity index (χ4v) is 2.49. The van der Waals surface area contributed by atoms with Crippen LogP contribution in [-0.4, -0.2) is 48.9 Å². The van der Waals surface area contributed by atoms with Crippen molar-refractivity contribution in [2.45, 2.75) is 6.04 Å². The molecule has 0 bridgehead atoms. The Morgan fingerprint density at radius 2 is 2.12 bits per heavy atom. The predicted molar refractivity (Wildman–Crippen MR) is 72.5 cm³/mol. The van der Waals surface area contributed by atoms with Crippen LogP contribution in [0.5, 0.6) is 0 Å². The average molecular weight is 348 g/mol. The Hall–Kier alpha value is -0.690. The molecular weight excluding hydrogens is 334 g/mol. The van der Waals surface area contributed by atoms with Crippen LogP contribution in [0.2, 0.25) is 0 Å². The molecule has 17 heavy (non-hydrogen) atoms. The Morgan fingerprint density at radius 1 is 1.47 bits per heavy atom. The van der Waals surface area contributed by atoms with Gasteiger partial charge in [-0.1, -0.05) is 0 Å². The van der Waals surface area contributed by atoms with Crippen LogP contribution >= 0.6 is 22.6 Å². The van der Waals surface area contributed by atoms with Crippen LogP contribution in [0.4, 0.5) is 4.39 Å². The zero-order valence-corrected chi connectivity index (χ0v) is 11.9.